The van der Waals surface area contributed by atoms with E-state index in [2.05, 4.69) is 20.4 Å². The van der Waals surface area contributed by atoms with Crippen molar-refractivity contribution in [2.24, 2.45) is 0 Å². The lowest BCUT2D eigenvalue weighted by atomic mass is 10.1. The lowest BCUT2D eigenvalue weighted by molar-refractivity contribution is 0.102. The van der Waals surface area contributed by atoms with Crippen molar-refractivity contribution in [1.82, 2.24) is 19.7 Å². The van der Waals surface area contributed by atoms with Gasteiger partial charge in [-0.25, -0.2) is 19.0 Å². The molecule has 0 radical (unpaired) electrons. The predicted molar refractivity (Wildman–Crippen MR) is 100 cm³/mol. The lowest BCUT2D eigenvalue weighted by Gasteiger charge is -2.21. The number of halogens is 1. The molecule has 3 rings (SSSR count). The number of nitrogens with one attached hydrogen (secondary N) is 1. The molecule has 142 valence electrons. The van der Waals surface area contributed by atoms with E-state index in [1.807, 2.05) is 12.1 Å². The molecule has 0 atom stereocenters. The number of hydrogen-bond acceptors (Lipinski definition) is 6. The highest BCUT2D eigenvalue weighted by atomic mass is 19.1. The number of rotatable bonds is 6. The van der Waals surface area contributed by atoms with Crippen LogP contribution in [0.4, 0.5) is 15.9 Å². The maximum absolute atomic E-state index is 13.5. The number of carbonyl (C=O) groups excluding carboxylic acids is 1. The van der Waals surface area contributed by atoms with Crippen molar-refractivity contribution in [2.75, 3.05) is 24.8 Å². The number of nitrogens with zero attached hydrogens (tertiary/aromatic N) is 4. The summed E-state index contributed by atoms with van der Waals surface area (Å²) in [5, 5.41) is 7.37. The number of carbonyl (C=O) groups is 1. The van der Waals surface area contributed by atoms with Crippen LogP contribution in [0.3, 0.4) is 0 Å². The number of ether oxygens (including phenoxy) is 1. The summed E-state index contributed by atoms with van der Waals surface area (Å²) in [6.45, 7) is 3.12. The standard InChI is InChI=1S/C18H21FN6O2/c1-18(2,9-19)25-16-13(15(20)21-10-22-16)14(24-25)17(26)23-12-6-4-11(5-7-12)8-27-3/h4-7,10H,8-9H2,1-3H3,(H,23,26)(H2,20,21,22). The van der Waals surface area contributed by atoms with Crippen molar-refractivity contribution in [2.45, 2.75) is 26.0 Å². The minimum absolute atomic E-state index is 0.0468. The molecular weight excluding hydrogens is 351 g/mol. The fourth-order valence-corrected chi connectivity index (χ4v) is 2.65. The predicted octanol–water partition coefficient (Wildman–Crippen LogP) is 2.51. The summed E-state index contributed by atoms with van der Waals surface area (Å²) in [6.07, 6.45) is 1.26. The molecule has 2 aromatic heterocycles. The first-order chi connectivity index (χ1) is 12.9. The van der Waals surface area contributed by atoms with E-state index in [0.29, 0.717) is 23.3 Å². The van der Waals surface area contributed by atoms with E-state index in [-0.39, 0.29) is 11.5 Å². The highest BCUT2D eigenvalue weighted by molar-refractivity contribution is 6.13. The maximum Gasteiger partial charge on any atom is 0.277 e. The zero-order valence-corrected chi connectivity index (χ0v) is 15.4. The maximum atomic E-state index is 13.5. The Morgan fingerprint density at radius 2 is 2.00 bits per heavy atom. The van der Waals surface area contributed by atoms with Gasteiger partial charge >= 0.3 is 0 Å². The fraction of sp³-hybridized carbons (Fsp3) is 0.333. The first-order valence-electron chi connectivity index (χ1n) is 8.32. The molecule has 1 aromatic carbocycles. The van der Waals surface area contributed by atoms with Gasteiger partial charge in [-0.1, -0.05) is 12.1 Å². The summed E-state index contributed by atoms with van der Waals surface area (Å²) < 4.78 is 19.9. The minimum atomic E-state index is -0.987. The van der Waals surface area contributed by atoms with Crippen LogP contribution in [0.1, 0.15) is 29.9 Å². The zero-order valence-electron chi connectivity index (χ0n) is 15.4. The third kappa shape index (κ3) is 3.59. The largest absolute Gasteiger partial charge is 0.383 e. The van der Waals surface area contributed by atoms with E-state index in [4.69, 9.17) is 10.5 Å². The first kappa shape index (κ1) is 18.7. The quantitative estimate of drug-likeness (QED) is 0.688. The number of alkyl halides is 1. The Hall–Kier alpha value is -3.07. The molecular formula is C18H21FN6O2. The van der Waals surface area contributed by atoms with Crippen molar-refractivity contribution in [3.63, 3.8) is 0 Å². The minimum Gasteiger partial charge on any atom is -0.383 e. The van der Waals surface area contributed by atoms with E-state index >= 15 is 0 Å². The van der Waals surface area contributed by atoms with Crippen LogP contribution in [0.25, 0.3) is 11.0 Å². The van der Waals surface area contributed by atoms with Gasteiger partial charge in [0.1, 0.15) is 18.8 Å². The van der Waals surface area contributed by atoms with E-state index in [9.17, 15) is 9.18 Å². The van der Waals surface area contributed by atoms with Crippen LogP contribution in [0.15, 0.2) is 30.6 Å². The van der Waals surface area contributed by atoms with Gasteiger partial charge in [0.25, 0.3) is 5.91 Å². The molecule has 8 nitrogen and oxygen atoms in total. The number of amides is 1. The van der Waals surface area contributed by atoms with Crippen LogP contribution < -0.4 is 11.1 Å². The topological polar surface area (TPSA) is 108 Å². The SMILES string of the molecule is COCc1ccc(NC(=O)c2nn(C(C)(C)CF)c3ncnc(N)c23)cc1. The Morgan fingerprint density at radius 1 is 1.30 bits per heavy atom. The Labute approximate surface area is 155 Å². The normalized spacial score (nSPS) is 11.7. The summed E-state index contributed by atoms with van der Waals surface area (Å²) in [5.41, 5.74) is 6.88. The molecule has 0 unspecified atom stereocenters. The van der Waals surface area contributed by atoms with Crippen LogP contribution in [-0.2, 0) is 16.9 Å². The molecule has 27 heavy (non-hydrogen) atoms. The van der Waals surface area contributed by atoms with Crippen molar-refractivity contribution in [3.05, 3.63) is 41.9 Å². The van der Waals surface area contributed by atoms with Crippen molar-refractivity contribution >= 4 is 28.4 Å². The average molecular weight is 372 g/mol. The van der Waals surface area contributed by atoms with Crippen LogP contribution >= 0.6 is 0 Å². The number of nitrogen functional groups attached to an aromatic ring is 1. The second-order valence-electron chi connectivity index (χ2n) is 6.75. The van der Waals surface area contributed by atoms with Crippen molar-refractivity contribution in [3.8, 4) is 0 Å². The summed E-state index contributed by atoms with van der Waals surface area (Å²) in [7, 11) is 1.61. The molecule has 0 aliphatic carbocycles. The molecule has 0 aliphatic heterocycles. The van der Waals surface area contributed by atoms with Crippen LogP contribution in [0, 0.1) is 0 Å². The van der Waals surface area contributed by atoms with E-state index in [1.54, 1.807) is 33.1 Å². The van der Waals surface area contributed by atoms with Gasteiger partial charge in [0, 0.05) is 12.8 Å². The number of anilines is 2. The van der Waals surface area contributed by atoms with Gasteiger partial charge in [-0.15, -0.1) is 0 Å². The molecule has 0 aliphatic rings. The molecule has 0 fully saturated rings. The van der Waals surface area contributed by atoms with Gasteiger partial charge in [0.15, 0.2) is 11.3 Å². The molecule has 0 saturated carbocycles. The Balaban J connectivity index is 1.99. The Morgan fingerprint density at radius 3 is 2.63 bits per heavy atom. The summed E-state index contributed by atoms with van der Waals surface area (Å²) >= 11 is 0. The number of fused-ring (bicyclic) bond motifs is 1. The average Bonchev–Trinajstić information content (AvgIpc) is 3.06. The van der Waals surface area contributed by atoms with E-state index in [1.165, 1.54) is 11.0 Å². The van der Waals surface area contributed by atoms with Gasteiger partial charge in [-0.05, 0) is 31.5 Å². The van der Waals surface area contributed by atoms with Gasteiger partial charge in [-0.2, -0.15) is 5.10 Å². The van der Waals surface area contributed by atoms with Gasteiger partial charge in [0.05, 0.1) is 17.5 Å². The number of aromatic nitrogens is 4. The molecule has 2 heterocycles. The monoisotopic (exact) mass is 372 g/mol. The molecule has 3 aromatic rings. The fourth-order valence-electron chi connectivity index (χ4n) is 2.65. The molecule has 0 spiro atoms. The lowest BCUT2D eigenvalue weighted by Crippen LogP contribution is -2.30. The molecule has 0 bridgehead atoms. The highest BCUT2D eigenvalue weighted by Crippen LogP contribution is 2.27. The highest BCUT2D eigenvalue weighted by Gasteiger charge is 2.29. The summed E-state index contributed by atoms with van der Waals surface area (Å²) in [5.74, 6) is -0.365. The number of methoxy groups -OCH3 is 1. The third-order valence-corrected chi connectivity index (χ3v) is 4.13. The second-order valence-corrected chi connectivity index (χ2v) is 6.75. The number of benzene rings is 1. The smallest absolute Gasteiger partial charge is 0.277 e. The van der Waals surface area contributed by atoms with Gasteiger partial charge in [0.2, 0.25) is 0 Å². The molecule has 3 N–H and O–H groups in total. The number of hydrogen-bond donors (Lipinski definition) is 2. The van der Waals surface area contributed by atoms with Crippen LogP contribution in [-0.4, -0.2) is 39.4 Å². The van der Waals surface area contributed by atoms with E-state index < -0.39 is 18.1 Å². The first-order valence-corrected chi connectivity index (χ1v) is 8.32. The Bertz CT molecular complexity index is 968. The number of nitrogens with two attached hydrogens (primary N) is 1. The van der Waals surface area contributed by atoms with Gasteiger partial charge in [-0.3, -0.25) is 4.79 Å². The van der Waals surface area contributed by atoms with E-state index in [0.717, 1.165) is 5.56 Å². The van der Waals surface area contributed by atoms with Crippen LogP contribution in [0.5, 0.6) is 0 Å². The summed E-state index contributed by atoms with van der Waals surface area (Å²) in [4.78, 5) is 20.9. The van der Waals surface area contributed by atoms with Crippen molar-refractivity contribution < 1.29 is 13.9 Å². The Kier molecular flexibility index (Phi) is 5.04. The molecule has 1 amide bonds. The van der Waals surface area contributed by atoms with Crippen LogP contribution in [0.2, 0.25) is 0 Å². The summed E-state index contributed by atoms with van der Waals surface area (Å²) in [6, 6.07) is 7.21. The second kappa shape index (κ2) is 7.28. The van der Waals surface area contributed by atoms with Crippen molar-refractivity contribution in [1.29, 1.82) is 0 Å². The zero-order chi connectivity index (χ0) is 19.6. The molecule has 0 saturated heterocycles. The molecule has 9 heteroatoms. The van der Waals surface area contributed by atoms with Gasteiger partial charge < -0.3 is 15.8 Å². The third-order valence-electron chi connectivity index (χ3n) is 4.13.